The van der Waals surface area contributed by atoms with Crippen molar-refractivity contribution in [3.8, 4) is 0 Å². The summed E-state index contributed by atoms with van der Waals surface area (Å²) in [7, 11) is 0. The fourth-order valence-corrected chi connectivity index (χ4v) is 1.39. The van der Waals surface area contributed by atoms with Gasteiger partial charge in [0.1, 0.15) is 5.82 Å². The standard InChI is InChI=1S/C10H13N3O3/c11-7-1-2-8(10(14)15)13-9(7)12-5-6-3-4-16-6/h1-2,6H,3-5,11H2,(H,12,13)(H,14,15)/t6-/m0/s1. The van der Waals surface area contributed by atoms with E-state index in [1.165, 1.54) is 12.1 Å². The van der Waals surface area contributed by atoms with E-state index in [1.54, 1.807) is 0 Å². The van der Waals surface area contributed by atoms with E-state index in [-0.39, 0.29) is 11.8 Å². The maximum Gasteiger partial charge on any atom is 0.354 e. The molecule has 0 bridgehead atoms. The number of carbonyl (C=O) groups is 1. The zero-order chi connectivity index (χ0) is 11.5. The van der Waals surface area contributed by atoms with E-state index in [2.05, 4.69) is 10.3 Å². The molecule has 1 atom stereocenters. The first-order valence-corrected chi connectivity index (χ1v) is 5.02. The Bertz CT molecular complexity index is 404. The van der Waals surface area contributed by atoms with Crippen molar-refractivity contribution in [3.63, 3.8) is 0 Å². The van der Waals surface area contributed by atoms with Crippen molar-refractivity contribution in [2.45, 2.75) is 12.5 Å². The Morgan fingerprint density at radius 1 is 1.69 bits per heavy atom. The van der Waals surface area contributed by atoms with Crippen molar-refractivity contribution in [1.29, 1.82) is 0 Å². The van der Waals surface area contributed by atoms with E-state index < -0.39 is 5.97 Å². The highest BCUT2D eigenvalue weighted by Crippen LogP contribution is 2.17. The van der Waals surface area contributed by atoms with Gasteiger partial charge in [-0.3, -0.25) is 0 Å². The van der Waals surface area contributed by atoms with E-state index in [9.17, 15) is 4.79 Å². The van der Waals surface area contributed by atoms with Crippen LogP contribution >= 0.6 is 0 Å². The maximum absolute atomic E-state index is 10.7. The zero-order valence-corrected chi connectivity index (χ0v) is 8.64. The molecule has 1 fully saturated rings. The molecule has 1 aliphatic rings. The largest absolute Gasteiger partial charge is 0.477 e. The number of nitrogens with one attached hydrogen (secondary N) is 1. The zero-order valence-electron chi connectivity index (χ0n) is 8.64. The lowest BCUT2D eigenvalue weighted by atomic mass is 10.2. The number of nitrogen functional groups attached to an aromatic ring is 1. The van der Waals surface area contributed by atoms with Crippen molar-refractivity contribution in [2.75, 3.05) is 24.2 Å². The van der Waals surface area contributed by atoms with Gasteiger partial charge in [0.25, 0.3) is 0 Å². The smallest absolute Gasteiger partial charge is 0.354 e. The number of carboxylic acid groups (broad SMARTS) is 1. The molecule has 0 radical (unpaired) electrons. The van der Waals surface area contributed by atoms with Gasteiger partial charge in [-0.15, -0.1) is 0 Å². The minimum Gasteiger partial charge on any atom is -0.477 e. The highest BCUT2D eigenvalue weighted by Gasteiger charge is 2.18. The van der Waals surface area contributed by atoms with E-state index in [0.29, 0.717) is 18.1 Å². The Hall–Kier alpha value is -1.82. The van der Waals surface area contributed by atoms with Crippen LogP contribution in [-0.4, -0.2) is 35.3 Å². The third kappa shape index (κ3) is 2.22. The minimum atomic E-state index is -1.07. The lowest BCUT2D eigenvalue weighted by Crippen LogP contribution is -2.33. The normalized spacial score (nSPS) is 18.9. The van der Waals surface area contributed by atoms with Crippen LogP contribution in [0.4, 0.5) is 11.5 Å². The number of rotatable bonds is 4. The number of hydrogen-bond acceptors (Lipinski definition) is 5. The predicted octanol–water partition coefficient (Wildman–Crippen LogP) is 0.563. The molecule has 1 aromatic heterocycles. The van der Waals surface area contributed by atoms with Crippen LogP contribution < -0.4 is 11.1 Å². The van der Waals surface area contributed by atoms with Crippen molar-refractivity contribution in [2.24, 2.45) is 0 Å². The van der Waals surface area contributed by atoms with Crippen LogP contribution in [0.2, 0.25) is 0 Å². The second kappa shape index (κ2) is 4.36. The van der Waals surface area contributed by atoms with Gasteiger partial charge in [0.05, 0.1) is 11.8 Å². The van der Waals surface area contributed by atoms with Crippen molar-refractivity contribution >= 4 is 17.5 Å². The highest BCUT2D eigenvalue weighted by molar-refractivity contribution is 5.86. The van der Waals surface area contributed by atoms with Crippen LogP contribution in [0.25, 0.3) is 0 Å². The molecule has 0 aromatic carbocycles. The lowest BCUT2D eigenvalue weighted by Gasteiger charge is -2.26. The maximum atomic E-state index is 10.7. The molecule has 86 valence electrons. The number of ether oxygens (including phenoxy) is 1. The summed E-state index contributed by atoms with van der Waals surface area (Å²) in [5.41, 5.74) is 6.09. The van der Waals surface area contributed by atoms with Gasteiger partial charge in [-0.2, -0.15) is 0 Å². The second-order valence-corrected chi connectivity index (χ2v) is 3.60. The van der Waals surface area contributed by atoms with Gasteiger partial charge in [-0.25, -0.2) is 9.78 Å². The molecule has 1 saturated heterocycles. The van der Waals surface area contributed by atoms with Crippen LogP contribution in [0.5, 0.6) is 0 Å². The Morgan fingerprint density at radius 3 is 3.00 bits per heavy atom. The number of hydrogen-bond donors (Lipinski definition) is 3. The van der Waals surface area contributed by atoms with Crippen LogP contribution in [0.1, 0.15) is 16.9 Å². The molecule has 4 N–H and O–H groups in total. The van der Waals surface area contributed by atoms with E-state index in [1.807, 2.05) is 0 Å². The summed E-state index contributed by atoms with van der Waals surface area (Å²) in [4.78, 5) is 14.6. The minimum absolute atomic E-state index is 0.0220. The lowest BCUT2D eigenvalue weighted by molar-refractivity contribution is -0.0410. The van der Waals surface area contributed by atoms with Gasteiger partial charge in [-0.05, 0) is 18.6 Å². The molecule has 0 saturated carbocycles. The molecule has 6 heteroatoms. The molecule has 16 heavy (non-hydrogen) atoms. The molecule has 2 heterocycles. The molecule has 0 amide bonds. The average Bonchev–Trinajstić information content (AvgIpc) is 2.18. The number of nitrogens with zero attached hydrogens (tertiary/aromatic N) is 1. The van der Waals surface area contributed by atoms with Gasteiger partial charge >= 0.3 is 5.97 Å². The van der Waals surface area contributed by atoms with Crippen molar-refractivity contribution in [3.05, 3.63) is 17.8 Å². The van der Waals surface area contributed by atoms with Crippen molar-refractivity contribution < 1.29 is 14.6 Å². The van der Waals surface area contributed by atoms with Gasteiger partial charge < -0.3 is 20.9 Å². The Morgan fingerprint density at radius 2 is 2.44 bits per heavy atom. The fraction of sp³-hybridized carbons (Fsp3) is 0.400. The predicted molar refractivity (Wildman–Crippen MR) is 58.5 cm³/mol. The summed E-state index contributed by atoms with van der Waals surface area (Å²) < 4.78 is 5.22. The van der Waals surface area contributed by atoms with Crippen LogP contribution in [0, 0.1) is 0 Å². The molecule has 1 aromatic rings. The first kappa shape index (κ1) is 10.7. The Kier molecular flexibility index (Phi) is 2.91. The van der Waals surface area contributed by atoms with E-state index in [0.717, 1.165) is 13.0 Å². The number of pyridine rings is 1. The SMILES string of the molecule is Nc1ccc(C(=O)O)nc1NC[C@@H]1CCO1. The molecule has 6 nitrogen and oxygen atoms in total. The number of aromatic carboxylic acids is 1. The Balaban J connectivity index is 2.05. The number of anilines is 2. The molecule has 0 spiro atoms. The summed E-state index contributed by atoms with van der Waals surface area (Å²) in [6, 6.07) is 2.91. The summed E-state index contributed by atoms with van der Waals surface area (Å²) >= 11 is 0. The molecular weight excluding hydrogens is 210 g/mol. The molecule has 0 unspecified atom stereocenters. The topological polar surface area (TPSA) is 97.5 Å². The molecular formula is C10H13N3O3. The monoisotopic (exact) mass is 223 g/mol. The van der Waals surface area contributed by atoms with Gasteiger partial charge in [0.15, 0.2) is 5.69 Å². The number of aromatic nitrogens is 1. The number of carboxylic acids is 1. The second-order valence-electron chi connectivity index (χ2n) is 3.60. The van der Waals surface area contributed by atoms with Crippen LogP contribution in [-0.2, 0) is 4.74 Å². The fourth-order valence-electron chi connectivity index (χ4n) is 1.39. The quantitative estimate of drug-likeness (QED) is 0.690. The molecule has 0 aliphatic carbocycles. The van der Waals surface area contributed by atoms with Gasteiger partial charge in [0, 0.05) is 13.2 Å². The van der Waals surface area contributed by atoms with Crippen LogP contribution in [0.15, 0.2) is 12.1 Å². The summed E-state index contributed by atoms with van der Waals surface area (Å²) in [5, 5.41) is 11.8. The van der Waals surface area contributed by atoms with E-state index in [4.69, 9.17) is 15.6 Å². The first-order chi connectivity index (χ1) is 7.66. The summed E-state index contributed by atoms with van der Waals surface area (Å²) in [6.07, 6.45) is 1.18. The first-order valence-electron chi connectivity index (χ1n) is 5.02. The van der Waals surface area contributed by atoms with Crippen LogP contribution in [0.3, 0.4) is 0 Å². The molecule has 1 aliphatic heterocycles. The Labute approximate surface area is 92.4 Å². The van der Waals surface area contributed by atoms with Gasteiger partial charge in [0.2, 0.25) is 0 Å². The summed E-state index contributed by atoms with van der Waals surface area (Å²) in [5.74, 6) is -0.668. The highest BCUT2D eigenvalue weighted by atomic mass is 16.5. The molecule has 2 rings (SSSR count). The summed E-state index contributed by atoms with van der Waals surface area (Å²) in [6.45, 7) is 1.38. The average molecular weight is 223 g/mol. The number of nitrogens with two attached hydrogens (primary N) is 1. The third-order valence-corrected chi connectivity index (χ3v) is 2.44. The van der Waals surface area contributed by atoms with Gasteiger partial charge in [-0.1, -0.05) is 0 Å². The van der Waals surface area contributed by atoms with Crippen molar-refractivity contribution in [1.82, 2.24) is 4.98 Å². The third-order valence-electron chi connectivity index (χ3n) is 2.44. The van der Waals surface area contributed by atoms with E-state index >= 15 is 0 Å².